The first-order chi connectivity index (χ1) is 7.72. The van der Waals surface area contributed by atoms with Crippen molar-refractivity contribution in [3.8, 4) is 0 Å². The van der Waals surface area contributed by atoms with E-state index < -0.39 is 0 Å². The van der Waals surface area contributed by atoms with Crippen LogP contribution in [-0.4, -0.2) is 18.3 Å². The van der Waals surface area contributed by atoms with Crippen LogP contribution >= 0.6 is 11.8 Å². The Morgan fingerprint density at radius 2 is 2.12 bits per heavy atom. The Morgan fingerprint density at radius 3 is 2.75 bits per heavy atom. The maximum absolute atomic E-state index is 12.6. The summed E-state index contributed by atoms with van der Waals surface area (Å²) >= 11 is 1.46. The summed E-state index contributed by atoms with van der Waals surface area (Å²) in [7, 11) is 0. The van der Waals surface area contributed by atoms with E-state index in [1.54, 1.807) is 19.1 Å². The average Bonchev–Trinajstić information content (AvgIpc) is 2.29. The van der Waals surface area contributed by atoms with Gasteiger partial charge < -0.3 is 0 Å². The molecule has 0 atom stereocenters. The molecule has 3 nitrogen and oxygen atoms in total. The minimum Gasteiger partial charge on any atom is -0.274 e. The number of rotatable bonds is 6. The van der Waals surface area contributed by atoms with E-state index >= 15 is 0 Å². The summed E-state index contributed by atoms with van der Waals surface area (Å²) in [5.74, 6) is 0.605. The number of thioether (sulfide) groups is 1. The summed E-state index contributed by atoms with van der Waals surface area (Å²) in [5.41, 5.74) is 3.30. The Kier molecular flexibility index (Phi) is 5.88. The number of hydrogen-bond acceptors (Lipinski definition) is 3. The van der Waals surface area contributed by atoms with Crippen molar-refractivity contribution in [1.29, 1.82) is 0 Å². The van der Waals surface area contributed by atoms with Crippen molar-refractivity contribution in [3.05, 3.63) is 35.6 Å². The molecule has 0 unspecified atom stereocenters. The zero-order valence-electron chi connectivity index (χ0n) is 9.03. The van der Waals surface area contributed by atoms with Crippen LogP contribution in [0.5, 0.6) is 0 Å². The van der Waals surface area contributed by atoms with Crippen molar-refractivity contribution < 1.29 is 14.0 Å². The van der Waals surface area contributed by atoms with Crippen LogP contribution in [0.25, 0.3) is 0 Å². The van der Waals surface area contributed by atoms with Gasteiger partial charge >= 0.3 is 0 Å². The highest BCUT2D eigenvalue weighted by Crippen LogP contribution is 2.12. The Morgan fingerprint density at radius 1 is 1.44 bits per heavy atom. The van der Waals surface area contributed by atoms with Crippen molar-refractivity contribution in [2.75, 3.05) is 12.4 Å². The largest absolute Gasteiger partial charge is 0.274 e. The molecule has 1 aromatic carbocycles. The smallest absolute Gasteiger partial charge is 0.253 e. The van der Waals surface area contributed by atoms with Crippen LogP contribution < -0.4 is 5.48 Å². The van der Waals surface area contributed by atoms with Gasteiger partial charge in [-0.05, 0) is 24.6 Å². The first-order valence-corrected chi connectivity index (χ1v) is 6.10. The van der Waals surface area contributed by atoms with Crippen LogP contribution in [0.4, 0.5) is 4.39 Å². The average molecular weight is 243 g/mol. The van der Waals surface area contributed by atoms with E-state index in [1.807, 2.05) is 0 Å². The first kappa shape index (κ1) is 13.0. The van der Waals surface area contributed by atoms with Gasteiger partial charge in [0, 0.05) is 5.75 Å². The fourth-order valence-corrected chi connectivity index (χ4v) is 1.80. The van der Waals surface area contributed by atoms with Gasteiger partial charge in [-0.15, -0.1) is 11.8 Å². The quantitative estimate of drug-likeness (QED) is 0.778. The van der Waals surface area contributed by atoms with Gasteiger partial charge in [0.2, 0.25) is 0 Å². The Labute approximate surface area is 98.3 Å². The second-order valence-corrected chi connectivity index (χ2v) is 4.06. The van der Waals surface area contributed by atoms with Gasteiger partial charge in [-0.25, -0.2) is 9.87 Å². The summed E-state index contributed by atoms with van der Waals surface area (Å²) in [6.45, 7) is 2.25. The van der Waals surface area contributed by atoms with Gasteiger partial charge in [0.15, 0.2) is 0 Å². The highest BCUT2D eigenvalue weighted by Gasteiger charge is 2.01. The molecule has 0 bridgehead atoms. The first-order valence-electron chi connectivity index (χ1n) is 4.95. The van der Waals surface area contributed by atoms with Crippen molar-refractivity contribution in [2.45, 2.75) is 12.7 Å². The summed E-state index contributed by atoms with van der Waals surface area (Å²) in [6, 6.07) is 6.25. The number of hydroxylamine groups is 1. The van der Waals surface area contributed by atoms with Gasteiger partial charge in [0.05, 0.1) is 12.4 Å². The molecule has 0 aliphatic rings. The number of carbonyl (C=O) groups is 1. The van der Waals surface area contributed by atoms with E-state index in [1.165, 1.54) is 23.9 Å². The number of carbonyl (C=O) groups excluding carboxylic acids is 1. The normalized spacial score (nSPS) is 10.1. The van der Waals surface area contributed by atoms with E-state index in [-0.39, 0.29) is 11.7 Å². The van der Waals surface area contributed by atoms with Gasteiger partial charge in [0.25, 0.3) is 5.91 Å². The third kappa shape index (κ3) is 5.14. The maximum atomic E-state index is 12.6. The Bertz CT molecular complexity index is 329. The number of benzene rings is 1. The third-order valence-electron chi connectivity index (χ3n) is 1.75. The van der Waals surface area contributed by atoms with Crippen LogP contribution in [0.15, 0.2) is 24.3 Å². The molecule has 1 rings (SSSR count). The molecule has 1 N–H and O–H groups in total. The number of halogens is 1. The fourth-order valence-electron chi connectivity index (χ4n) is 1.02. The predicted octanol–water partition coefficient (Wildman–Crippen LogP) is 2.13. The monoisotopic (exact) mass is 243 g/mol. The summed E-state index contributed by atoms with van der Waals surface area (Å²) in [6.07, 6.45) is 0. The SMILES string of the molecule is CCONC(=O)CSCc1ccc(F)cc1. The minimum absolute atomic E-state index is 0.158. The molecule has 1 amide bonds. The molecule has 0 heterocycles. The molecular formula is C11H14FNO2S. The van der Waals surface area contributed by atoms with Crippen LogP contribution in [0.1, 0.15) is 12.5 Å². The van der Waals surface area contributed by atoms with E-state index in [4.69, 9.17) is 4.84 Å². The van der Waals surface area contributed by atoms with Crippen molar-refractivity contribution in [2.24, 2.45) is 0 Å². The lowest BCUT2D eigenvalue weighted by molar-refractivity contribution is -0.130. The lowest BCUT2D eigenvalue weighted by Crippen LogP contribution is -2.25. The van der Waals surface area contributed by atoms with Gasteiger partial charge in [-0.1, -0.05) is 12.1 Å². The lowest BCUT2D eigenvalue weighted by Gasteiger charge is -2.03. The van der Waals surface area contributed by atoms with E-state index in [0.717, 1.165) is 5.56 Å². The molecular weight excluding hydrogens is 229 g/mol. The van der Waals surface area contributed by atoms with Gasteiger partial charge in [-0.2, -0.15) is 0 Å². The lowest BCUT2D eigenvalue weighted by atomic mass is 10.2. The summed E-state index contributed by atoms with van der Waals surface area (Å²) in [5, 5.41) is 0. The fraction of sp³-hybridized carbons (Fsp3) is 0.364. The van der Waals surface area contributed by atoms with Crippen LogP contribution in [-0.2, 0) is 15.4 Å². The molecule has 1 aromatic rings. The molecule has 0 aliphatic heterocycles. The topological polar surface area (TPSA) is 38.3 Å². The molecule has 0 saturated heterocycles. The highest BCUT2D eigenvalue weighted by molar-refractivity contribution is 7.99. The predicted molar refractivity (Wildman–Crippen MR) is 62.3 cm³/mol. The number of amides is 1. The number of hydrogen-bond donors (Lipinski definition) is 1. The number of nitrogens with one attached hydrogen (secondary N) is 1. The molecule has 16 heavy (non-hydrogen) atoms. The molecule has 0 aromatic heterocycles. The van der Waals surface area contributed by atoms with Gasteiger partial charge in [0.1, 0.15) is 5.82 Å². The maximum Gasteiger partial charge on any atom is 0.253 e. The highest BCUT2D eigenvalue weighted by atomic mass is 32.2. The van der Waals surface area contributed by atoms with Crippen LogP contribution in [0, 0.1) is 5.82 Å². The van der Waals surface area contributed by atoms with Crippen LogP contribution in [0.2, 0.25) is 0 Å². The Balaban J connectivity index is 2.20. The van der Waals surface area contributed by atoms with E-state index in [2.05, 4.69) is 5.48 Å². The van der Waals surface area contributed by atoms with Gasteiger partial charge in [-0.3, -0.25) is 9.63 Å². The van der Waals surface area contributed by atoms with Crippen LogP contribution in [0.3, 0.4) is 0 Å². The van der Waals surface area contributed by atoms with Crippen molar-refractivity contribution in [3.63, 3.8) is 0 Å². The third-order valence-corrected chi connectivity index (χ3v) is 2.75. The molecule has 88 valence electrons. The minimum atomic E-state index is -0.247. The molecule has 0 fully saturated rings. The zero-order chi connectivity index (χ0) is 11.8. The van der Waals surface area contributed by atoms with E-state index in [9.17, 15) is 9.18 Å². The zero-order valence-corrected chi connectivity index (χ0v) is 9.85. The van der Waals surface area contributed by atoms with Crippen molar-refractivity contribution >= 4 is 17.7 Å². The molecule has 0 aliphatic carbocycles. The van der Waals surface area contributed by atoms with Crippen molar-refractivity contribution in [1.82, 2.24) is 5.48 Å². The standard InChI is InChI=1S/C11H14FNO2S/c1-2-15-13-11(14)8-16-7-9-3-5-10(12)6-4-9/h3-6H,2,7-8H2,1H3,(H,13,14). The second kappa shape index (κ2) is 7.24. The van der Waals surface area contributed by atoms with E-state index in [0.29, 0.717) is 18.1 Å². The molecule has 0 radical (unpaired) electrons. The second-order valence-electron chi connectivity index (χ2n) is 3.08. The summed E-state index contributed by atoms with van der Waals surface area (Å²) < 4.78 is 12.6. The molecule has 0 saturated carbocycles. The Hall–Kier alpha value is -1.07. The summed E-state index contributed by atoms with van der Waals surface area (Å²) in [4.78, 5) is 15.9. The molecule has 0 spiro atoms. The molecule has 5 heteroatoms.